The van der Waals surface area contributed by atoms with Gasteiger partial charge in [-0.3, -0.25) is 0 Å². The number of rotatable bonds is 3. The minimum atomic E-state index is -0.309. The minimum Gasteiger partial charge on any atom is -0.493 e. The molecule has 1 aromatic carbocycles. The van der Waals surface area contributed by atoms with E-state index >= 15 is 0 Å². The summed E-state index contributed by atoms with van der Waals surface area (Å²) in [5, 5.41) is 0. The van der Waals surface area contributed by atoms with Crippen molar-refractivity contribution in [2.75, 3.05) is 26.9 Å². The Kier molecular flexibility index (Phi) is 3.42. The Labute approximate surface area is 118 Å². The molecule has 0 saturated carbocycles. The molecule has 1 amide bonds. The van der Waals surface area contributed by atoms with E-state index in [4.69, 9.17) is 14.2 Å². The predicted octanol–water partition coefficient (Wildman–Crippen LogP) is 2.14. The highest BCUT2D eigenvalue weighted by Gasteiger charge is 2.27. The van der Waals surface area contributed by atoms with E-state index in [0.717, 1.165) is 29.9 Å². The maximum absolute atomic E-state index is 11.8. The van der Waals surface area contributed by atoms with Gasteiger partial charge in [0.05, 0.1) is 26.4 Å². The molecule has 5 heteroatoms. The molecule has 0 aliphatic carbocycles. The van der Waals surface area contributed by atoms with Gasteiger partial charge in [-0.2, -0.15) is 0 Å². The summed E-state index contributed by atoms with van der Waals surface area (Å²) in [6, 6.07) is 2.08. The van der Waals surface area contributed by atoms with Crippen molar-refractivity contribution in [2.45, 2.75) is 26.3 Å². The number of hydrogen-bond acceptors (Lipinski definition) is 4. The zero-order valence-electron chi connectivity index (χ0n) is 11.9. The van der Waals surface area contributed by atoms with Crippen LogP contribution in [-0.4, -0.2) is 37.9 Å². The van der Waals surface area contributed by atoms with Crippen LogP contribution < -0.4 is 9.47 Å². The highest BCUT2D eigenvalue weighted by atomic mass is 16.6. The molecule has 3 rings (SSSR count). The van der Waals surface area contributed by atoms with E-state index in [9.17, 15) is 4.79 Å². The van der Waals surface area contributed by atoms with E-state index in [2.05, 4.69) is 6.07 Å². The Bertz CT molecular complexity index is 509. The summed E-state index contributed by atoms with van der Waals surface area (Å²) in [6.07, 6.45) is 1.47. The molecule has 0 fully saturated rings. The van der Waals surface area contributed by atoms with E-state index in [1.165, 1.54) is 11.1 Å². The number of amides is 1. The summed E-state index contributed by atoms with van der Waals surface area (Å²) in [5.74, 6) is 1.88. The molecule has 2 heterocycles. The molecular weight excluding hydrogens is 258 g/mol. The van der Waals surface area contributed by atoms with Crippen LogP contribution in [0.5, 0.6) is 11.5 Å². The fourth-order valence-corrected chi connectivity index (χ4v) is 2.79. The number of nitrogens with zero attached hydrogens (tertiary/aromatic N) is 1. The topological polar surface area (TPSA) is 48.0 Å². The van der Waals surface area contributed by atoms with Crippen molar-refractivity contribution < 1.29 is 19.0 Å². The van der Waals surface area contributed by atoms with Crippen molar-refractivity contribution in [1.29, 1.82) is 0 Å². The van der Waals surface area contributed by atoms with Gasteiger partial charge in [-0.05, 0) is 13.0 Å². The van der Waals surface area contributed by atoms with Crippen LogP contribution >= 0.6 is 0 Å². The summed E-state index contributed by atoms with van der Waals surface area (Å²) in [7, 11) is 1.74. The third kappa shape index (κ3) is 2.17. The zero-order valence-corrected chi connectivity index (χ0v) is 11.9. The Hall–Kier alpha value is -1.91. The van der Waals surface area contributed by atoms with Crippen LogP contribution in [0.4, 0.5) is 4.79 Å². The molecule has 108 valence electrons. The van der Waals surface area contributed by atoms with Crippen molar-refractivity contribution in [3.63, 3.8) is 0 Å². The Balaban J connectivity index is 1.91. The third-order valence-corrected chi connectivity index (χ3v) is 3.73. The first-order valence-electron chi connectivity index (χ1n) is 7.01. The standard InChI is InChI=1S/C15H19NO4/c1-3-18-15(17)16(2)9-12-11-5-7-19-13(11)8-10-4-6-20-14(10)12/h8H,3-7,9H2,1-2H3. The number of hydrogen-bond donors (Lipinski definition) is 0. The van der Waals surface area contributed by atoms with Gasteiger partial charge in [0.2, 0.25) is 0 Å². The van der Waals surface area contributed by atoms with Gasteiger partial charge in [0, 0.05) is 36.6 Å². The first-order chi connectivity index (χ1) is 9.70. The molecule has 5 nitrogen and oxygen atoms in total. The van der Waals surface area contributed by atoms with E-state index in [0.29, 0.717) is 26.4 Å². The summed E-state index contributed by atoms with van der Waals surface area (Å²) in [6.45, 7) is 4.09. The van der Waals surface area contributed by atoms with Crippen molar-refractivity contribution in [2.24, 2.45) is 0 Å². The van der Waals surface area contributed by atoms with Gasteiger partial charge in [-0.25, -0.2) is 4.79 Å². The number of benzene rings is 1. The smallest absolute Gasteiger partial charge is 0.409 e. The van der Waals surface area contributed by atoms with Crippen LogP contribution in [0.3, 0.4) is 0 Å². The van der Waals surface area contributed by atoms with Gasteiger partial charge in [-0.15, -0.1) is 0 Å². The SMILES string of the molecule is CCOC(=O)N(C)Cc1c2c(cc3c1OCC3)OCC2. The number of carbonyl (C=O) groups excluding carboxylic acids is 1. The zero-order chi connectivity index (χ0) is 14.1. The summed E-state index contributed by atoms with van der Waals surface area (Å²) in [4.78, 5) is 13.4. The Morgan fingerprint density at radius 1 is 1.35 bits per heavy atom. The average Bonchev–Trinajstić information content (AvgIpc) is 3.06. The van der Waals surface area contributed by atoms with Gasteiger partial charge >= 0.3 is 6.09 Å². The maximum Gasteiger partial charge on any atom is 0.409 e. The molecule has 20 heavy (non-hydrogen) atoms. The molecule has 0 aromatic heterocycles. The van der Waals surface area contributed by atoms with E-state index in [1.54, 1.807) is 18.9 Å². The molecule has 2 aliphatic rings. The molecule has 0 atom stereocenters. The van der Waals surface area contributed by atoms with E-state index in [-0.39, 0.29) is 6.09 Å². The summed E-state index contributed by atoms with van der Waals surface area (Å²) in [5.41, 5.74) is 3.42. The first-order valence-corrected chi connectivity index (χ1v) is 7.01. The largest absolute Gasteiger partial charge is 0.493 e. The fourth-order valence-electron chi connectivity index (χ4n) is 2.79. The second-order valence-corrected chi connectivity index (χ2v) is 5.07. The average molecular weight is 277 g/mol. The normalized spacial score (nSPS) is 15.1. The van der Waals surface area contributed by atoms with Gasteiger partial charge < -0.3 is 19.1 Å². The molecule has 0 bridgehead atoms. The first kappa shape index (κ1) is 13.1. The molecule has 0 N–H and O–H groups in total. The Morgan fingerprint density at radius 2 is 2.15 bits per heavy atom. The van der Waals surface area contributed by atoms with E-state index in [1.807, 2.05) is 0 Å². The summed E-state index contributed by atoms with van der Waals surface area (Å²) >= 11 is 0. The second kappa shape index (κ2) is 5.23. The molecule has 0 spiro atoms. The molecule has 0 saturated heterocycles. The van der Waals surface area contributed by atoms with Gasteiger partial charge in [0.1, 0.15) is 11.5 Å². The van der Waals surface area contributed by atoms with E-state index < -0.39 is 0 Å². The fraction of sp³-hybridized carbons (Fsp3) is 0.533. The van der Waals surface area contributed by atoms with Gasteiger partial charge in [-0.1, -0.05) is 0 Å². The highest BCUT2D eigenvalue weighted by molar-refractivity contribution is 5.68. The van der Waals surface area contributed by atoms with Crippen LogP contribution in [0.25, 0.3) is 0 Å². The molecule has 2 aliphatic heterocycles. The van der Waals surface area contributed by atoms with Crippen LogP contribution in [0.1, 0.15) is 23.6 Å². The van der Waals surface area contributed by atoms with Gasteiger partial charge in [0.25, 0.3) is 0 Å². The van der Waals surface area contributed by atoms with Crippen LogP contribution in [0, 0.1) is 0 Å². The molecular formula is C15H19NO4. The Morgan fingerprint density at radius 3 is 2.95 bits per heavy atom. The lowest BCUT2D eigenvalue weighted by molar-refractivity contribution is 0.114. The lowest BCUT2D eigenvalue weighted by atomic mass is 9.99. The predicted molar refractivity (Wildman–Crippen MR) is 73.3 cm³/mol. The quantitative estimate of drug-likeness (QED) is 0.849. The molecule has 1 aromatic rings. The number of carbonyl (C=O) groups is 1. The van der Waals surface area contributed by atoms with Crippen molar-refractivity contribution in [3.8, 4) is 11.5 Å². The maximum atomic E-state index is 11.8. The lowest BCUT2D eigenvalue weighted by Gasteiger charge is -2.20. The lowest BCUT2D eigenvalue weighted by Crippen LogP contribution is -2.27. The molecule has 0 unspecified atom stereocenters. The van der Waals surface area contributed by atoms with Crippen LogP contribution in [0.2, 0.25) is 0 Å². The second-order valence-electron chi connectivity index (χ2n) is 5.07. The highest BCUT2D eigenvalue weighted by Crippen LogP contribution is 2.41. The third-order valence-electron chi connectivity index (χ3n) is 3.73. The number of fused-ring (bicyclic) bond motifs is 2. The van der Waals surface area contributed by atoms with Crippen molar-refractivity contribution in [1.82, 2.24) is 4.90 Å². The number of ether oxygens (including phenoxy) is 3. The van der Waals surface area contributed by atoms with Crippen LogP contribution in [-0.2, 0) is 24.1 Å². The minimum absolute atomic E-state index is 0.309. The van der Waals surface area contributed by atoms with Crippen LogP contribution in [0.15, 0.2) is 6.07 Å². The van der Waals surface area contributed by atoms with Crippen molar-refractivity contribution >= 4 is 6.09 Å². The monoisotopic (exact) mass is 277 g/mol. The van der Waals surface area contributed by atoms with Gasteiger partial charge in [0.15, 0.2) is 0 Å². The van der Waals surface area contributed by atoms with Crippen molar-refractivity contribution in [3.05, 3.63) is 22.8 Å². The molecule has 0 radical (unpaired) electrons. The summed E-state index contributed by atoms with van der Waals surface area (Å²) < 4.78 is 16.5.